The molecule has 0 amide bonds. The Kier molecular flexibility index (Phi) is 2.57. The number of aromatic nitrogens is 2. The van der Waals surface area contributed by atoms with Gasteiger partial charge < -0.3 is 5.73 Å². The first-order valence-electron chi connectivity index (χ1n) is 5.79. The molecule has 88 valence electrons. The number of rotatable bonds is 2. The molecular weight excluding hydrogens is 222 g/mol. The van der Waals surface area contributed by atoms with Gasteiger partial charge in [-0.05, 0) is 36.4 Å². The van der Waals surface area contributed by atoms with E-state index in [2.05, 4.69) is 21.7 Å². The Hall–Kier alpha value is -2.55. The molecule has 0 spiro atoms. The van der Waals surface area contributed by atoms with E-state index in [4.69, 9.17) is 5.73 Å². The maximum absolute atomic E-state index is 5.70. The van der Waals surface area contributed by atoms with Gasteiger partial charge in [0.1, 0.15) is 5.82 Å². The molecule has 1 aromatic heterocycles. The third kappa shape index (κ3) is 1.86. The molecule has 1 heterocycles. The number of anilines is 1. The molecule has 3 rings (SSSR count). The molecule has 0 atom stereocenters. The van der Waals surface area contributed by atoms with E-state index in [1.54, 1.807) is 6.20 Å². The minimum atomic E-state index is 0.761. The molecular formula is C15H13N3. The fourth-order valence-electron chi connectivity index (χ4n) is 1.95. The first-order chi connectivity index (χ1) is 8.84. The molecule has 0 saturated carbocycles. The van der Waals surface area contributed by atoms with Crippen LogP contribution in [0.2, 0.25) is 0 Å². The molecule has 0 fully saturated rings. The second-order valence-corrected chi connectivity index (χ2v) is 4.08. The molecule has 0 unspecified atom stereocenters. The quantitative estimate of drug-likeness (QED) is 0.693. The highest BCUT2D eigenvalue weighted by molar-refractivity contribution is 5.61. The van der Waals surface area contributed by atoms with Crippen molar-refractivity contribution in [1.29, 1.82) is 0 Å². The zero-order chi connectivity index (χ0) is 12.4. The van der Waals surface area contributed by atoms with Gasteiger partial charge in [-0.15, -0.1) is 0 Å². The summed E-state index contributed by atoms with van der Waals surface area (Å²) in [4.78, 5) is 4.41. The van der Waals surface area contributed by atoms with Crippen LogP contribution in [0.3, 0.4) is 0 Å². The lowest BCUT2D eigenvalue weighted by atomic mass is 10.2. The van der Waals surface area contributed by atoms with Gasteiger partial charge in [0.2, 0.25) is 0 Å². The molecule has 2 aromatic carbocycles. The summed E-state index contributed by atoms with van der Waals surface area (Å²) in [5, 5.41) is 0. The SMILES string of the molecule is Nc1ccc(-c2nccn2-c2ccccc2)cc1. The van der Waals surface area contributed by atoms with E-state index in [0.717, 1.165) is 22.8 Å². The summed E-state index contributed by atoms with van der Waals surface area (Å²) in [6, 6.07) is 17.9. The maximum Gasteiger partial charge on any atom is 0.144 e. The lowest BCUT2D eigenvalue weighted by Gasteiger charge is -2.07. The second-order valence-electron chi connectivity index (χ2n) is 4.08. The number of benzene rings is 2. The maximum atomic E-state index is 5.70. The van der Waals surface area contributed by atoms with Gasteiger partial charge in [-0.3, -0.25) is 4.57 Å². The molecule has 0 aliphatic carbocycles. The highest BCUT2D eigenvalue weighted by atomic mass is 15.1. The monoisotopic (exact) mass is 235 g/mol. The average molecular weight is 235 g/mol. The third-order valence-electron chi connectivity index (χ3n) is 2.84. The van der Waals surface area contributed by atoms with E-state index < -0.39 is 0 Å². The summed E-state index contributed by atoms with van der Waals surface area (Å²) in [5.74, 6) is 0.918. The lowest BCUT2D eigenvalue weighted by Crippen LogP contribution is -1.96. The molecule has 0 bridgehead atoms. The summed E-state index contributed by atoms with van der Waals surface area (Å²) in [5.41, 5.74) is 8.62. The van der Waals surface area contributed by atoms with Crippen molar-refractivity contribution in [3.63, 3.8) is 0 Å². The number of imidazole rings is 1. The van der Waals surface area contributed by atoms with Gasteiger partial charge in [0.15, 0.2) is 0 Å². The molecule has 0 aliphatic rings. The van der Waals surface area contributed by atoms with E-state index in [9.17, 15) is 0 Å². The zero-order valence-electron chi connectivity index (χ0n) is 9.82. The fraction of sp³-hybridized carbons (Fsp3) is 0. The van der Waals surface area contributed by atoms with Crippen molar-refractivity contribution in [1.82, 2.24) is 9.55 Å². The molecule has 0 aliphatic heterocycles. The van der Waals surface area contributed by atoms with Gasteiger partial charge >= 0.3 is 0 Å². The highest BCUT2D eigenvalue weighted by Crippen LogP contribution is 2.22. The van der Waals surface area contributed by atoms with E-state index in [1.165, 1.54) is 0 Å². The normalized spacial score (nSPS) is 10.4. The molecule has 3 aromatic rings. The van der Waals surface area contributed by atoms with E-state index in [0.29, 0.717) is 0 Å². The number of hydrogen-bond donors (Lipinski definition) is 1. The van der Waals surface area contributed by atoms with Crippen LogP contribution in [0.5, 0.6) is 0 Å². The standard InChI is InChI=1S/C15H13N3/c16-13-8-6-12(7-9-13)15-17-10-11-18(15)14-4-2-1-3-5-14/h1-11H,16H2. The van der Waals surface area contributed by atoms with E-state index >= 15 is 0 Å². The highest BCUT2D eigenvalue weighted by Gasteiger charge is 2.06. The Morgan fingerprint density at radius 1 is 0.889 bits per heavy atom. The Morgan fingerprint density at radius 3 is 2.33 bits per heavy atom. The van der Waals surface area contributed by atoms with Crippen LogP contribution in [-0.4, -0.2) is 9.55 Å². The fourth-order valence-corrected chi connectivity index (χ4v) is 1.95. The van der Waals surface area contributed by atoms with Crippen LogP contribution in [-0.2, 0) is 0 Å². The Labute approximate surface area is 106 Å². The lowest BCUT2D eigenvalue weighted by molar-refractivity contribution is 1.07. The van der Waals surface area contributed by atoms with Crippen LogP contribution in [0.25, 0.3) is 17.1 Å². The smallest absolute Gasteiger partial charge is 0.144 e. The second kappa shape index (κ2) is 4.37. The summed E-state index contributed by atoms with van der Waals surface area (Å²) in [7, 11) is 0. The molecule has 0 saturated heterocycles. The topological polar surface area (TPSA) is 43.8 Å². The van der Waals surface area contributed by atoms with Gasteiger partial charge in [0.25, 0.3) is 0 Å². The van der Waals surface area contributed by atoms with Crippen LogP contribution in [0.1, 0.15) is 0 Å². The Bertz CT molecular complexity index is 639. The Balaban J connectivity index is 2.10. The van der Waals surface area contributed by atoms with Crippen LogP contribution in [0, 0.1) is 0 Å². The van der Waals surface area contributed by atoms with Gasteiger partial charge in [-0.1, -0.05) is 18.2 Å². The van der Waals surface area contributed by atoms with E-state index in [-0.39, 0.29) is 0 Å². The molecule has 18 heavy (non-hydrogen) atoms. The van der Waals surface area contributed by atoms with Crippen molar-refractivity contribution in [2.24, 2.45) is 0 Å². The Morgan fingerprint density at radius 2 is 1.61 bits per heavy atom. The molecule has 0 radical (unpaired) electrons. The largest absolute Gasteiger partial charge is 0.399 e. The number of para-hydroxylation sites is 1. The predicted molar refractivity (Wildman–Crippen MR) is 73.4 cm³/mol. The number of nitrogens with two attached hydrogens (primary N) is 1. The number of hydrogen-bond acceptors (Lipinski definition) is 2. The predicted octanol–water partition coefficient (Wildman–Crippen LogP) is 3.12. The average Bonchev–Trinajstić information content (AvgIpc) is 2.90. The summed E-state index contributed by atoms with van der Waals surface area (Å²) < 4.78 is 2.06. The minimum Gasteiger partial charge on any atom is -0.399 e. The van der Waals surface area contributed by atoms with Crippen LogP contribution < -0.4 is 5.73 Å². The summed E-state index contributed by atoms with van der Waals surface area (Å²) in [6.07, 6.45) is 3.76. The summed E-state index contributed by atoms with van der Waals surface area (Å²) >= 11 is 0. The van der Waals surface area contributed by atoms with Crippen molar-refractivity contribution in [3.05, 3.63) is 67.0 Å². The minimum absolute atomic E-state index is 0.761. The number of nitrogen functional groups attached to an aromatic ring is 1. The van der Waals surface area contributed by atoms with Crippen LogP contribution >= 0.6 is 0 Å². The van der Waals surface area contributed by atoms with Crippen molar-refractivity contribution in [2.45, 2.75) is 0 Å². The first-order valence-corrected chi connectivity index (χ1v) is 5.79. The van der Waals surface area contributed by atoms with E-state index in [1.807, 2.05) is 48.7 Å². The third-order valence-corrected chi connectivity index (χ3v) is 2.84. The van der Waals surface area contributed by atoms with Crippen molar-refractivity contribution in [3.8, 4) is 17.1 Å². The van der Waals surface area contributed by atoms with Crippen molar-refractivity contribution >= 4 is 5.69 Å². The molecule has 3 heteroatoms. The van der Waals surface area contributed by atoms with Gasteiger partial charge in [0, 0.05) is 29.3 Å². The summed E-state index contributed by atoms with van der Waals surface area (Å²) in [6.45, 7) is 0. The van der Waals surface area contributed by atoms with Gasteiger partial charge in [-0.2, -0.15) is 0 Å². The first kappa shape index (κ1) is 10.6. The van der Waals surface area contributed by atoms with Crippen molar-refractivity contribution in [2.75, 3.05) is 5.73 Å². The van der Waals surface area contributed by atoms with Crippen molar-refractivity contribution < 1.29 is 0 Å². The zero-order valence-corrected chi connectivity index (χ0v) is 9.82. The van der Waals surface area contributed by atoms with Crippen LogP contribution in [0.4, 0.5) is 5.69 Å². The molecule has 3 nitrogen and oxygen atoms in total. The van der Waals surface area contributed by atoms with Gasteiger partial charge in [-0.25, -0.2) is 4.98 Å². The molecule has 2 N–H and O–H groups in total. The van der Waals surface area contributed by atoms with Gasteiger partial charge in [0.05, 0.1) is 0 Å². The number of nitrogens with zero attached hydrogens (tertiary/aromatic N) is 2. The van der Waals surface area contributed by atoms with Crippen LogP contribution in [0.15, 0.2) is 67.0 Å².